The Balaban J connectivity index is 1.78. The van der Waals surface area contributed by atoms with Crippen molar-refractivity contribution in [2.45, 2.75) is 39.0 Å². The van der Waals surface area contributed by atoms with E-state index in [1.54, 1.807) is 16.6 Å². The highest BCUT2D eigenvalue weighted by Gasteiger charge is 2.33. The van der Waals surface area contributed by atoms with Gasteiger partial charge in [0, 0.05) is 10.6 Å². The molecule has 1 saturated carbocycles. The topological polar surface area (TPSA) is 55.1 Å². The predicted molar refractivity (Wildman–Crippen MR) is 101 cm³/mol. The second kappa shape index (κ2) is 6.46. The Morgan fingerprint density at radius 2 is 2.08 bits per heavy atom. The maximum atomic E-state index is 6.28. The molecular formula is C18H19Cl2N5. The standard InChI is InChI=1S/C18H19Cl2N5/c1-3-13(11-4-5-11)14-9-21-25-17(14)22-10(2)23-18(25)24-16-7-6-12(19)8-15(16)20/h6-9,11,13H,3-5H2,1-2H3,(H,22,23,24). The minimum atomic E-state index is 0.513. The average Bonchev–Trinajstić information content (AvgIpc) is 3.32. The van der Waals surface area contributed by atoms with Gasteiger partial charge in [-0.3, -0.25) is 0 Å². The van der Waals surface area contributed by atoms with Crippen molar-refractivity contribution in [3.8, 4) is 0 Å². The van der Waals surface area contributed by atoms with E-state index >= 15 is 0 Å². The summed E-state index contributed by atoms with van der Waals surface area (Å²) in [7, 11) is 0. The summed E-state index contributed by atoms with van der Waals surface area (Å²) < 4.78 is 1.76. The Morgan fingerprint density at radius 1 is 1.28 bits per heavy atom. The molecule has 25 heavy (non-hydrogen) atoms. The van der Waals surface area contributed by atoms with E-state index in [0.717, 1.165) is 23.7 Å². The average molecular weight is 376 g/mol. The smallest absolute Gasteiger partial charge is 0.232 e. The van der Waals surface area contributed by atoms with Crippen molar-refractivity contribution in [2.24, 2.45) is 5.92 Å². The number of halogens is 2. The third-order valence-corrected chi connectivity index (χ3v) is 5.26. The number of anilines is 2. The molecular weight excluding hydrogens is 357 g/mol. The highest BCUT2D eigenvalue weighted by Crippen LogP contribution is 2.45. The maximum Gasteiger partial charge on any atom is 0.232 e. The summed E-state index contributed by atoms with van der Waals surface area (Å²) >= 11 is 12.3. The van der Waals surface area contributed by atoms with Crippen LogP contribution in [0.3, 0.4) is 0 Å². The van der Waals surface area contributed by atoms with Crippen molar-refractivity contribution in [3.63, 3.8) is 0 Å². The first kappa shape index (κ1) is 16.6. The molecule has 1 N–H and O–H groups in total. The van der Waals surface area contributed by atoms with Crippen LogP contribution in [0.1, 0.15) is 43.5 Å². The molecule has 2 aromatic heterocycles. The van der Waals surface area contributed by atoms with Crippen LogP contribution >= 0.6 is 23.2 Å². The van der Waals surface area contributed by atoms with Gasteiger partial charge in [-0.15, -0.1) is 0 Å². The van der Waals surface area contributed by atoms with E-state index in [4.69, 9.17) is 23.2 Å². The molecule has 5 nitrogen and oxygen atoms in total. The number of nitrogens with one attached hydrogen (secondary N) is 1. The third kappa shape index (κ3) is 3.18. The van der Waals surface area contributed by atoms with Crippen LogP contribution in [0, 0.1) is 12.8 Å². The van der Waals surface area contributed by atoms with Crippen LogP contribution in [-0.4, -0.2) is 19.6 Å². The molecule has 1 atom stereocenters. The Hall–Kier alpha value is -1.85. The summed E-state index contributed by atoms with van der Waals surface area (Å²) in [5, 5.41) is 8.93. The summed E-state index contributed by atoms with van der Waals surface area (Å²) in [5.41, 5.74) is 2.82. The first-order valence-electron chi connectivity index (χ1n) is 8.51. The van der Waals surface area contributed by atoms with Gasteiger partial charge in [-0.1, -0.05) is 30.1 Å². The SMILES string of the molecule is CCC(c1cnn2c(Nc3ccc(Cl)cc3Cl)nc(C)nc12)C1CC1. The second-order valence-electron chi connectivity index (χ2n) is 6.53. The number of nitrogens with zero attached hydrogens (tertiary/aromatic N) is 4. The highest BCUT2D eigenvalue weighted by atomic mass is 35.5. The Kier molecular flexibility index (Phi) is 4.29. The fraction of sp³-hybridized carbons (Fsp3) is 0.389. The Morgan fingerprint density at radius 3 is 2.76 bits per heavy atom. The van der Waals surface area contributed by atoms with E-state index in [9.17, 15) is 0 Å². The molecule has 0 aliphatic heterocycles. The van der Waals surface area contributed by atoms with Crippen molar-refractivity contribution in [3.05, 3.63) is 45.8 Å². The zero-order chi connectivity index (χ0) is 17.6. The van der Waals surface area contributed by atoms with Crippen LogP contribution in [0.15, 0.2) is 24.4 Å². The highest BCUT2D eigenvalue weighted by molar-refractivity contribution is 6.36. The molecule has 130 valence electrons. The Labute approximate surface area is 156 Å². The first-order valence-corrected chi connectivity index (χ1v) is 9.26. The molecule has 0 amide bonds. The second-order valence-corrected chi connectivity index (χ2v) is 7.37. The molecule has 2 heterocycles. The predicted octanol–water partition coefficient (Wildman–Crippen LogP) is 5.39. The van der Waals surface area contributed by atoms with Gasteiger partial charge in [0.25, 0.3) is 0 Å². The summed E-state index contributed by atoms with van der Waals surface area (Å²) in [5.74, 6) is 2.57. The lowest BCUT2D eigenvalue weighted by Gasteiger charge is -2.13. The van der Waals surface area contributed by atoms with E-state index in [2.05, 4.69) is 27.3 Å². The minimum Gasteiger partial charge on any atom is -0.323 e. The van der Waals surface area contributed by atoms with Crippen molar-refractivity contribution in [2.75, 3.05) is 5.32 Å². The number of rotatable bonds is 5. The fourth-order valence-electron chi connectivity index (χ4n) is 3.36. The van der Waals surface area contributed by atoms with Gasteiger partial charge in [0.15, 0.2) is 5.65 Å². The molecule has 1 aliphatic carbocycles. The molecule has 1 aliphatic rings. The molecule has 1 aromatic carbocycles. The maximum absolute atomic E-state index is 6.28. The van der Waals surface area contributed by atoms with Crippen LogP contribution in [-0.2, 0) is 0 Å². The van der Waals surface area contributed by atoms with Gasteiger partial charge in [0.1, 0.15) is 5.82 Å². The van der Waals surface area contributed by atoms with Gasteiger partial charge in [-0.25, -0.2) is 4.98 Å². The lowest BCUT2D eigenvalue weighted by Crippen LogP contribution is -2.08. The number of fused-ring (bicyclic) bond motifs is 1. The minimum absolute atomic E-state index is 0.513. The number of hydrogen-bond donors (Lipinski definition) is 1. The summed E-state index contributed by atoms with van der Waals surface area (Å²) in [6, 6.07) is 5.32. The van der Waals surface area contributed by atoms with Crippen molar-refractivity contribution in [1.29, 1.82) is 0 Å². The zero-order valence-corrected chi connectivity index (χ0v) is 15.6. The van der Waals surface area contributed by atoms with Crippen LogP contribution in [0.5, 0.6) is 0 Å². The largest absolute Gasteiger partial charge is 0.323 e. The van der Waals surface area contributed by atoms with E-state index < -0.39 is 0 Å². The van der Waals surface area contributed by atoms with Gasteiger partial charge in [0.05, 0.1) is 16.9 Å². The molecule has 0 bridgehead atoms. The Bertz CT molecular complexity index is 933. The number of benzene rings is 1. The van der Waals surface area contributed by atoms with Gasteiger partial charge < -0.3 is 5.32 Å². The lowest BCUT2D eigenvalue weighted by atomic mass is 9.94. The first-order chi connectivity index (χ1) is 12.1. The van der Waals surface area contributed by atoms with Crippen LogP contribution in [0.4, 0.5) is 11.6 Å². The van der Waals surface area contributed by atoms with Crippen molar-refractivity contribution < 1.29 is 0 Å². The molecule has 1 fully saturated rings. The number of hydrogen-bond acceptors (Lipinski definition) is 4. The normalized spacial score (nSPS) is 15.5. The molecule has 1 unspecified atom stereocenters. The number of aryl methyl sites for hydroxylation is 1. The van der Waals surface area contributed by atoms with Crippen LogP contribution in [0.25, 0.3) is 5.65 Å². The van der Waals surface area contributed by atoms with Gasteiger partial charge in [0.2, 0.25) is 5.95 Å². The fourth-order valence-corrected chi connectivity index (χ4v) is 3.82. The van der Waals surface area contributed by atoms with E-state index in [0.29, 0.717) is 27.7 Å². The third-order valence-electron chi connectivity index (χ3n) is 4.72. The molecule has 4 rings (SSSR count). The molecule has 0 radical (unpaired) electrons. The molecule has 7 heteroatoms. The van der Waals surface area contributed by atoms with E-state index in [-0.39, 0.29) is 0 Å². The van der Waals surface area contributed by atoms with E-state index in [1.807, 2.05) is 19.2 Å². The summed E-state index contributed by atoms with van der Waals surface area (Å²) in [6.45, 7) is 4.12. The van der Waals surface area contributed by atoms with E-state index in [1.165, 1.54) is 18.4 Å². The lowest BCUT2D eigenvalue weighted by molar-refractivity contribution is 0.589. The van der Waals surface area contributed by atoms with Crippen LogP contribution < -0.4 is 5.32 Å². The van der Waals surface area contributed by atoms with Gasteiger partial charge in [-0.05, 0) is 56.2 Å². The monoisotopic (exact) mass is 375 g/mol. The van der Waals surface area contributed by atoms with Gasteiger partial charge in [-0.2, -0.15) is 14.6 Å². The molecule has 0 spiro atoms. The quantitative estimate of drug-likeness (QED) is 0.649. The molecule has 0 saturated heterocycles. The summed E-state index contributed by atoms with van der Waals surface area (Å²) in [4.78, 5) is 9.15. The zero-order valence-electron chi connectivity index (χ0n) is 14.1. The molecule has 3 aromatic rings. The van der Waals surface area contributed by atoms with Crippen molar-refractivity contribution >= 4 is 40.5 Å². The van der Waals surface area contributed by atoms with Crippen LogP contribution in [0.2, 0.25) is 10.0 Å². The summed E-state index contributed by atoms with van der Waals surface area (Å²) in [6.07, 6.45) is 5.63. The van der Waals surface area contributed by atoms with Crippen molar-refractivity contribution in [1.82, 2.24) is 19.6 Å². The number of aromatic nitrogens is 4. The van der Waals surface area contributed by atoms with Gasteiger partial charge >= 0.3 is 0 Å².